The van der Waals surface area contributed by atoms with Gasteiger partial charge >= 0.3 is 5.97 Å². The van der Waals surface area contributed by atoms with Gasteiger partial charge in [0.25, 0.3) is 5.91 Å². The first-order valence-electron chi connectivity index (χ1n) is 6.83. The lowest BCUT2D eigenvalue weighted by molar-refractivity contribution is -0.158. The van der Waals surface area contributed by atoms with Gasteiger partial charge in [-0.15, -0.1) is 11.8 Å². The summed E-state index contributed by atoms with van der Waals surface area (Å²) in [6.07, 6.45) is 1.62. The van der Waals surface area contributed by atoms with Crippen molar-refractivity contribution >= 4 is 41.5 Å². The average Bonchev–Trinajstić information content (AvgIpc) is 2.67. The smallest absolute Gasteiger partial charge is 0.327 e. The molecular weight excluding hydrogens is 324 g/mol. The van der Waals surface area contributed by atoms with Crippen LogP contribution in [-0.4, -0.2) is 50.3 Å². The third kappa shape index (κ3) is 2.40. The maximum absolute atomic E-state index is 12.2. The molecule has 5 nitrogen and oxygen atoms in total. The maximum atomic E-state index is 12.2. The highest BCUT2D eigenvalue weighted by Gasteiger charge is 2.63. The van der Waals surface area contributed by atoms with Crippen LogP contribution in [0.25, 0.3) is 0 Å². The summed E-state index contributed by atoms with van der Waals surface area (Å²) >= 11 is 7.40. The minimum atomic E-state index is -0.967. The first-order valence-corrected chi connectivity index (χ1v) is 8.08. The molecule has 2 heterocycles. The highest BCUT2D eigenvalue weighted by molar-refractivity contribution is 8.01. The number of thioether (sulfide) groups is 1. The summed E-state index contributed by atoms with van der Waals surface area (Å²) in [5, 5.41) is 9.75. The third-order valence-corrected chi connectivity index (χ3v) is 5.67. The van der Waals surface area contributed by atoms with Gasteiger partial charge in [0.1, 0.15) is 11.4 Å². The summed E-state index contributed by atoms with van der Waals surface area (Å²) in [5.41, 5.74) is 0.816. The molecule has 3 rings (SSSR count). The Morgan fingerprint density at radius 3 is 2.86 bits per heavy atom. The van der Waals surface area contributed by atoms with Crippen LogP contribution in [0.2, 0.25) is 5.02 Å². The standard InChI is InChI=1S/C15H15ClN2O3S/c1-15(2)11(14(20)21)18-12(19)10(13(18)22-15)17-7-8-4-3-5-9(16)6-8/h3-7,10-11,13H,1-2H3,(H,20,21)/t10-,11+,13-/m1/s1. The fourth-order valence-corrected chi connectivity index (χ4v) is 4.70. The molecule has 1 aromatic rings. The molecule has 0 saturated carbocycles. The summed E-state index contributed by atoms with van der Waals surface area (Å²) in [6, 6.07) is 5.87. The van der Waals surface area contributed by atoms with Crippen molar-refractivity contribution in [3.63, 3.8) is 0 Å². The van der Waals surface area contributed by atoms with Crippen LogP contribution in [0.1, 0.15) is 19.4 Å². The van der Waals surface area contributed by atoms with E-state index in [1.807, 2.05) is 26.0 Å². The van der Waals surface area contributed by atoms with Gasteiger partial charge < -0.3 is 10.0 Å². The van der Waals surface area contributed by atoms with Crippen molar-refractivity contribution in [3.05, 3.63) is 34.9 Å². The van der Waals surface area contributed by atoms with E-state index in [-0.39, 0.29) is 11.3 Å². The van der Waals surface area contributed by atoms with E-state index in [0.717, 1.165) is 5.56 Å². The van der Waals surface area contributed by atoms with Gasteiger partial charge in [0.2, 0.25) is 0 Å². The number of aliphatic carboxylic acids is 1. The van der Waals surface area contributed by atoms with Crippen LogP contribution >= 0.6 is 23.4 Å². The Hall–Kier alpha value is -1.53. The molecule has 7 heteroatoms. The van der Waals surface area contributed by atoms with E-state index in [2.05, 4.69) is 4.99 Å². The molecule has 0 aromatic heterocycles. The third-order valence-electron chi connectivity index (χ3n) is 3.88. The number of rotatable bonds is 3. The maximum Gasteiger partial charge on any atom is 0.327 e. The van der Waals surface area contributed by atoms with E-state index in [4.69, 9.17) is 11.6 Å². The van der Waals surface area contributed by atoms with E-state index >= 15 is 0 Å². The minimum absolute atomic E-state index is 0.209. The summed E-state index contributed by atoms with van der Waals surface area (Å²) in [5.74, 6) is -1.20. The highest BCUT2D eigenvalue weighted by Crippen LogP contribution is 2.51. The normalized spacial score (nSPS) is 29.5. The molecule has 22 heavy (non-hydrogen) atoms. The van der Waals surface area contributed by atoms with Gasteiger partial charge in [0.15, 0.2) is 6.04 Å². The van der Waals surface area contributed by atoms with Crippen LogP contribution in [0, 0.1) is 0 Å². The zero-order valence-corrected chi connectivity index (χ0v) is 13.6. The van der Waals surface area contributed by atoms with Gasteiger partial charge in [-0.25, -0.2) is 4.79 Å². The zero-order chi connectivity index (χ0) is 16.1. The number of hydrogen-bond acceptors (Lipinski definition) is 4. The zero-order valence-electron chi connectivity index (χ0n) is 12.1. The number of β-lactam (4-membered cyclic amide) rings is 1. The number of aliphatic imine (C=N–C) groups is 1. The number of benzene rings is 1. The van der Waals surface area contributed by atoms with E-state index in [9.17, 15) is 14.7 Å². The van der Waals surface area contributed by atoms with Gasteiger partial charge in [-0.1, -0.05) is 23.7 Å². The second-order valence-corrected chi connectivity index (χ2v) is 8.08. The molecule has 0 bridgehead atoms. The number of fused-ring (bicyclic) bond motifs is 1. The van der Waals surface area contributed by atoms with E-state index in [1.54, 1.807) is 18.3 Å². The summed E-state index contributed by atoms with van der Waals surface area (Å²) in [6.45, 7) is 3.69. The molecule has 0 radical (unpaired) electrons. The molecule has 0 unspecified atom stereocenters. The number of carboxylic acid groups (broad SMARTS) is 1. The molecule has 2 aliphatic rings. The lowest BCUT2D eigenvalue weighted by Gasteiger charge is -2.41. The quantitative estimate of drug-likeness (QED) is 0.678. The number of amides is 1. The molecular formula is C15H15ClN2O3S. The van der Waals surface area contributed by atoms with Crippen molar-refractivity contribution in [3.8, 4) is 0 Å². The molecule has 1 aromatic carbocycles. The van der Waals surface area contributed by atoms with E-state index in [1.165, 1.54) is 16.7 Å². The first-order chi connectivity index (χ1) is 10.3. The highest BCUT2D eigenvalue weighted by atomic mass is 35.5. The first kappa shape index (κ1) is 15.4. The topological polar surface area (TPSA) is 70.0 Å². The Kier molecular flexibility index (Phi) is 3.69. The number of carboxylic acids is 1. The Bertz CT molecular complexity index is 677. The molecule has 0 aliphatic carbocycles. The summed E-state index contributed by atoms with van der Waals surface area (Å²) < 4.78 is -0.521. The van der Waals surface area contributed by atoms with Crippen LogP contribution in [0.4, 0.5) is 0 Å². The molecule has 1 N–H and O–H groups in total. The average molecular weight is 339 g/mol. The van der Waals surface area contributed by atoms with E-state index < -0.39 is 22.8 Å². The number of carbonyl (C=O) groups is 2. The Morgan fingerprint density at radius 1 is 1.50 bits per heavy atom. The van der Waals surface area contributed by atoms with Crippen LogP contribution in [0.3, 0.4) is 0 Å². The molecule has 0 spiro atoms. The predicted octanol–water partition coefficient (Wildman–Crippen LogP) is 2.27. The molecule has 2 aliphatic heterocycles. The van der Waals surface area contributed by atoms with Crippen molar-refractivity contribution in [2.75, 3.05) is 0 Å². The van der Waals surface area contributed by atoms with Crippen molar-refractivity contribution in [2.24, 2.45) is 4.99 Å². The van der Waals surface area contributed by atoms with Crippen LogP contribution < -0.4 is 0 Å². The fraction of sp³-hybridized carbons (Fsp3) is 0.400. The molecule has 1 amide bonds. The molecule has 116 valence electrons. The molecule has 2 saturated heterocycles. The Balaban J connectivity index is 1.79. The van der Waals surface area contributed by atoms with Crippen molar-refractivity contribution in [1.29, 1.82) is 0 Å². The van der Waals surface area contributed by atoms with Crippen molar-refractivity contribution in [1.82, 2.24) is 4.90 Å². The molecule has 2 fully saturated rings. The fourth-order valence-electron chi connectivity index (χ4n) is 2.88. The lowest BCUT2D eigenvalue weighted by Crippen LogP contribution is -2.64. The second kappa shape index (κ2) is 5.28. The van der Waals surface area contributed by atoms with Crippen LogP contribution in [0.5, 0.6) is 0 Å². The molecule has 3 atom stereocenters. The van der Waals surface area contributed by atoms with Gasteiger partial charge in [-0.05, 0) is 31.5 Å². The summed E-state index contributed by atoms with van der Waals surface area (Å²) in [7, 11) is 0. The van der Waals surface area contributed by atoms with Crippen LogP contribution in [0.15, 0.2) is 29.3 Å². The summed E-state index contributed by atoms with van der Waals surface area (Å²) in [4.78, 5) is 29.4. The Labute approximate surface area is 137 Å². The van der Waals surface area contributed by atoms with Gasteiger partial charge in [0.05, 0.1) is 0 Å². The lowest BCUT2D eigenvalue weighted by atomic mass is 9.96. The largest absolute Gasteiger partial charge is 0.480 e. The predicted molar refractivity (Wildman–Crippen MR) is 86.6 cm³/mol. The monoisotopic (exact) mass is 338 g/mol. The number of hydrogen-bond donors (Lipinski definition) is 1. The minimum Gasteiger partial charge on any atom is -0.480 e. The van der Waals surface area contributed by atoms with Gasteiger partial charge in [0, 0.05) is 16.0 Å². The Morgan fingerprint density at radius 2 is 2.23 bits per heavy atom. The second-order valence-electron chi connectivity index (χ2n) is 5.88. The van der Waals surface area contributed by atoms with Gasteiger partial charge in [-0.2, -0.15) is 0 Å². The number of nitrogens with zero attached hydrogens (tertiary/aromatic N) is 2. The number of halogens is 1. The van der Waals surface area contributed by atoms with Crippen molar-refractivity contribution in [2.45, 2.75) is 36.1 Å². The number of carbonyl (C=O) groups excluding carboxylic acids is 1. The van der Waals surface area contributed by atoms with Gasteiger partial charge in [-0.3, -0.25) is 9.79 Å². The van der Waals surface area contributed by atoms with E-state index in [0.29, 0.717) is 5.02 Å². The van der Waals surface area contributed by atoms with Crippen LogP contribution in [-0.2, 0) is 9.59 Å². The SMILES string of the molecule is CC1(C)S[C@@H]2[C@H](N=Cc3cccc(Cl)c3)C(=O)N2[C@H]1C(=O)O. The van der Waals surface area contributed by atoms with Crippen molar-refractivity contribution < 1.29 is 14.7 Å².